The van der Waals surface area contributed by atoms with Crippen molar-refractivity contribution < 1.29 is 9.53 Å². The Bertz CT molecular complexity index is 270. The van der Waals surface area contributed by atoms with Crippen LogP contribution in [0.2, 0.25) is 0 Å². The number of hydrogen-bond acceptors (Lipinski definition) is 3. The first-order valence-electron chi connectivity index (χ1n) is 7.43. The molecule has 0 spiro atoms. The van der Waals surface area contributed by atoms with E-state index >= 15 is 0 Å². The van der Waals surface area contributed by atoms with E-state index < -0.39 is 0 Å². The van der Waals surface area contributed by atoms with Crippen molar-refractivity contribution in [2.24, 2.45) is 0 Å². The molecule has 4 nitrogen and oxygen atoms in total. The van der Waals surface area contributed by atoms with Crippen LogP contribution in [0.3, 0.4) is 0 Å². The Morgan fingerprint density at radius 2 is 2.16 bits per heavy atom. The Morgan fingerprint density at radius 1 is 1.32 bits per heavy atom. The summed E-state index contributed by atoms with van der Waals surface area (Å²) in [5.74, 6) is 0.263. The van der Waals surface area contributed by atoms with Gasteiger partial charge in [0, 0.05) is 25.7 Å². The number of likely N-dealkylation sites (tertiary alicyclic amines) is 1. The molecule has 1 N–H and O–H groups in total. The van der Waals surface area contributed by atoms with E-state index in [0.717, 1.165) is 45.4 Å². The molecule has 112 valence electrons. The molecule has 0 radical (unpaired) electrons. The number of nitrogens with zero attached hydrogens (tertiary/aromatic N) is 1. The normalized spacial score (nSPS) is 27.1. The minimum absolute atomic E-state index is 0. The molecule has 2 atom stereocenters. The van der Waals surface area contributed by atoms with E-state index in [2.05, 4.69) is 17.1 Å². The van der Waals surface area contributed by atoms with E-state index in [-0.39, 0.29) is 18.3 Å². The van der Waals surface area contributed by atoms with Crippen LogP contribution in [0.4, 0.5) is 0 Å². The average molecular weight is 291 g/mol. The first-order chi connectivity index (χ1) is 8.81. The number of hydrogen-bond donors (Lipinski definition) is 1. The quantitative estimate of drug-likeness (QED) is 0.842. The van der Waals surface area contributed by atoms with Crippen molar-refractivity contribution in [3.8, 4) is 0 Å². The van der Waals surface area contributed by atoms with E-state index in [4.69, 9.17) is 4.74 Å². The molecule has 2 unspecified atom stereocenters. The maximum atomic E-state index is 12.2. The number of rotatable bonds is 5. The van der Waals surface area contributed by atoms with Gasteiger partial charge in [0.05, 0.1) is 12.6 Å². The van der Waals surface area contributed by atoms with Gasteiger partial charge in [-0.2, -0.15) is 0 Å². The zero-order valence-electron chi connectivity index (χ0n) is 11.9. The van der Waals surface area contributed by atoms with Crippen molar-refractivity contribution >= 4 is 18.3 Å². The van der Waals surface area contributed by atoms with Gasteiger partial charge >= 0.3 is 0 Å². The number of ether oxygens (including phenoxy) is 1. The van der Waals surface area contributed by atoms with Crippen molar-refractivity contribution in [2.45, 2.75) is 57.6 Å². The van der Waals surface area contributed by atoms with Crippen LogP contribution < -0.4 is 5.32 Å². The van der Waals surface area contributed by atoms with E-state index in [0.29, 0.717) is 18.7 Å². The first kappa shape index (κ1) is 16.7. The topological polar surface area (TPSA) is 41.6 Å². The average Bonchev–Trinajstić information content (AvgIpc) is 2.91. The Morgan fingerprint density at radius 3 is 2.84 bits per heavy atom. The van der Waals surface area contributed by atoms with Crippen LogP contribution in [-0.2, 0) is 9.53 Å². The number of amides is 1. The molecule has 0 saturated carbocycles. The summed E-state index contributed by atoms with van der Waals surface area (Å²) < 4.78 is 5.54. The molecule has 2 rings (SSSR count). The zero-order chi connectivity index (χ0) is 12.8. The number of carbonyl (C=O) groups excluding carboxylic acids is 1. The van der Waals surface area contributed by atoms with Crippen LogP contribution in [-0.4, -0.2) is 49.2 Å². The highest BCUT2D eigenvalue weighted by atomic mass is 35.5. The molecule has 2 heterocycles. The smallest absolute Gasteiger partial charge is 0.236 e. The lowest BCUT2D eigenvalue weighted by Gasteiger charge is -2.35. The fraction of sp³-hybridized carbons (Fsp3) is 0.929. The van der Waals surface area contributed by atoms with Gasteiger partial charge in [0.25, 0.3) is 0 Å². The lowest BCUT2D eigenvalue weighted by atomic mass is 10.00. The largest absolute Gasteiger partial charge is 0.377 e. The molecular weight excluding hydrogens is 264 g/mol. The van der Waals surface area contributed by atoms with Crippen LogP contribution in [0.15, 0.2) is 0 Å². The molecule has 0 aromatic heterocycles. The molecule has 5 heteroatoms. The summed E-state index contributed by atoms with van der Waals surface area (Å²) in [6.45, 7) is 5.28. The minimum atomic E-state index is 0. The van der Waals surface area contributed by atoms with Crippen molar-refractivity contribution in [3.05, 3.63) is 0 Å². The molecule has 1 amide bonds. The van der Waals surface area contributed by atoms with Gasteiger partial charge in [-0.15, -0.1) is 12.4 Å². The number of piperidine rings is 1. The second-order valence-electron chi connectivity index (χ2n) is 5.41. The zero-order valence-corrected chi connectivity index (χ0v) is 12.7. The maximum Gasteiger partial charge on any atom is 0.236 e. The van der Waals surface area contributed by atoms with Crippen molar-refractivity contribution in [2.75, 3.05) is 26.2 Å². The van der Waals surface area contributed by atoms with Crippen LogP contribution in [0, 0.1) is 0 Å². The Balaban J connectivity index is 0.00000180. The van der Waals surface area contributed by atoms with Crippen LogP contribution >= 0.6 is 12.4 Å². The van der Waals surface area contributed by atoms with Crippen LogP contribution in [0.25, 0.3) is 0 Å². The monoisotopic (exact) mass is 290 g/mol. The third-order valence-corrected chi connectivity index (χ3v) is 4.09. The predicted molar refractivity (Wildman–Crippen MR) is 78.7 cm³/mol. The SMILES string of the molecule is CCC1CCCCN1C(=O)CNCC1CCCO1.Cl. The summed E-state index contributed by atoms with van der Waals surface area (Å²) in [5.41, 5.74) is 0. The second kappa shape index (κ2) is 8.77. The number of halogens is 1. The van der Waals surface area contributed by atoms with E-state index in [1.807, 2.05) is 0 Å². The van der Waals surface area contributed by atoms with Gasteiger partial charge in [-0.3, -0.25) is 4.79 Å². The van der Waals surface area contributed by atoms with E-state index in [1.54, 1.807) is 0 Å². The Kier molecular flexibility index (Phi) is 7.73. The van der Waals surface area contributed by atoms with E-state index in [9.17, 15) is 4.79 Å². The molecule has 2 fully saturated rings. The van der Waals surface area contributed by atoms with Gasteiger partial charge in [-0.1, -0.05) is 6.92 Å². The highest BCUT2D eigenvalue weighted by molar-refractivity contribution is 5.85. The van der Waals surface area contributed by atoms with E-state index in [1.165, 1.54) is 12.8 Å². The third-order valence-electron chi connectivity index (χ3n) is 4.09. The second-order valence-corrected chi connectivity index (χ2v) is 5.41. The molecule has 0 aromatic carbocycles. The van der Waals surface area contributed by atoms with Crippen LogP contribution in [0.1, 0.15) is 45.4 Å². The highest BCUT2D eigenvalue weighted by Gasteiger charge is 2.25. The summed E-state index contributed by atoms with van der Waals surface area (Å²) in [6, 6.07) is 0.468. The van der Waals surface area contributed by atoms with Crippen molar-refractivity contribution in [1.82, 2.24) is 10.2 Å². The molecule has 0 bridgehead atoms. The predicted octanol–water partition coefficient (Wildman–Crippen LogP) is 1.97. The van der Waals surface area contributed by atoms with Crippen molar-refractivity contribution in [1.29, 1.82) is 0 Å². The van der Waals surface area contributed by atoms with Gasteiger partial charge < -0.3 is 15.0 Å². The minimum Gasteiger partial charge on any atom is -0.377 e. The Labute approximate surface area is 122 Å². The Hall–Kier alpha value is -0.320. The first-order valence-corrected chi connectivity index (χ1v) is 7.43. The van der Waals surface area contributed by atoms with Gasteiger partial charge in [-0.25, -0.2) is 0 Å². The number of carbonyl (C=O) groups is 1. The van der Waals surface area contributed by atoms with Gasteiger partial charge in [0.1, 0.15) is 0 Å². The highest BCUT2D eigenvalue weighted by Crippen LogP contribution is 2.19. The molecule has 2 aliphatic rings. The fourth-order valence-corrected chi connectivity index (χ4v) is 3.00. The molecule has 2 aliphatic heterocycles. The van der Waals surface area contributed by atoms with Gasteiger partial charge in [0.2, 0.25) is 5.91 Å². The lowest BCUT2D eigenvalue weighted by Crippen LogP contribution is -2.47. The molecule has 0 aromatic rings. The van der Waals surface area contributed by atoms with Gasteiger partial charge in [-0.05, 0) is 38.5 Å². The molecular formula is C14H27ClN2O2. The molecule has 0 aliphatic carbocycles. The summed E-state index contributed by atoms with van der Waals surface area (Å²) >= 11 is 0. The maximum absolute atomic E-state index is 12.2. The molecule has 19 heavy (non-hydrogen) atoms. The standard InChI is InChI=1S/C14H26N2O2.ClH/c1-2-12-6-3-4-8-16(12)14(17)11-15-10-13-7-5-9-18-13;/h12-13,15H,2-11H2,1H3;1H. The summed E-state index contributed by atoms with van der Waals surface area (Å²) in [4.78, 5) is 14.2. The lowest BCUT2D eigenvalue weighted by molar-refractivity contribution is -0.134. The number of nitrogens with one attached hydrogen (secondary N) is 1. The summed E-state index contributed by atoms with van der Waals surface area (Å²) in [5, 5.41) is 3.25. The third kappa shape index (κ3) is 4.93. The van der Waals surface area contributed by atoms with Crippen LogP contribution in [0.5, 0.6) is 0 Å². The summed E-state index contributed by atoms with van der Waals surface area (Å²) in [7, 11) is 0. The summed E-state index contributed by atoms with van der Waals surface area (Å²) in [6.07, 6.45) is 7.29. The van der Waals surface area contributed by atoms with Crippen molar-refractivity contribution in [3.63, 3.8) is 0 Å². The fourth-order valence-electron chi connectivity index (χ4n) is 3.00. The molecule has 2 saturated heterocycles. The van der Waals surface area contributed by atoms with Gasteiger partial charge in [0.15, 0.2) is 0 Å².